The summed E-state index contributed by atoms with van der Waals surface area (Å²) in [5, 5.41) is 16.0. The molecule has 3 N–H and O–H groups in total. The van der Waals surface area contributed by atoms with E-state index in [4.69, 9.17) is 4.98 Å². The first kappa shape index (κ1) is 25.3. The maximum atomic E-state index is 12.8. The number of pyridine rings is 1. The van der Waals surface area contributed by atoms with Gasteiger partial charge in [-0.15, -0.1) is 0 Å². The number of hydrogen-bond acceptors (Lipinski definition) is 7. The van der Waals surface area contributed by atoms with Gasteiger partial charge in [-0.3, -0.25) is 4.39 Å². The SMILES string of the molecule is O=C(O)C(CCN(CCCF)CCCCc1ccc2c(n1)NCCC2)Nc1ncc(C2CC2)cn1. The lowest BCUT2D eigenvalue weighted by molar-refractivity contribution is -0.138. The zero-order valence-corrected chi connectivity index (χ0v) is 20.4. The molecule has 2 aromatic heterocycles. The highest BCUT2D eigenvalue weighted by Gasteiger charge is 2.25. The third kappa shape index (κ3) is 7.85. The number of nitrogens with zero attached hydrogens (tertiary/aromatic N) is 4. The Labute approximate surface area is 206 Å². The summed E-state index contributed by atoms with van der Waals surface area (Å²) >= 11 is 0. The van der Waals surface area contributed by atoms with E-state index in [1.165, 1.54) is 18.4 Å². The van der Waals surface area contributed by atoms with E-state index < -0.39 is 12.0 Å². The zero-order valence-electron chi connectivity index (χ0n) is 20.4. The molecule has 0 bridgehead atoms. The summed E-state index contributed by atoms with van der Waals surface area (Å²) in [5.74, 6) is 0.987. The molecule has 9 heteroatoms. The Morgan fingerprint density at radius 1 is 1.17 bits per heavy atom. The van der Waals surface area contributed by atoms with Crippen molar-refractivity contribution < 1.29 is 14.3 Å². The molecule has 1 aliphatic carbocycles. The zero-order chi connectivity index (χ0) is 24.5. The number of carbonyl (C=O) groups is 1. The molecule has 35 heavy (non-hydrogen) atoms. The van der Waals surface area contributed by atoms with Crippen LogP contribution in [0, 0.1) is 0 Å². The van der Waals surface area contributed by atoms with Crippen LogP contribution in [0.1, 0.15) is 67.7 Å². The molecular formula is C26H37FN6O2. The van der Waals surface area contributed by atoms with E-state index in [1.807, 2.05) is 0 Å². The highest BCUT2D eigenvalue weighted by Crippen LogP contribution is 2.39. The minimum Gasteiger partial charge on any atom is -0.480 e. The van der Waals surface area contributed by atoms with Crippen molar-refractivity contribution in [3.63, 3.8) is 0 Å². The number of fused-ring (bicyclic) bond motifs is 1. The van der Waals surface area contributed by atoms with Gasteiger partial charge in [-0.1, -0.05) is 6.07 Å². The molecule has 2 aromatic rings. The average Bonchev–Trinajstić information content (AvgIpc) is 3.72. The van der Waals surface area contributed by atoms with Gasteiger partial charge in [-0.2, -0.15) is 0 Å². The van der Waals surface area contributed by atoms with E-state index in [0.717, 1.165) is 62.3 Å². The fourth-order valence-electron chi connectivity index (χ4n) is 4.53. The number of carboxylic acid groups (broad SMARTS) is 1. The highest BCUT2D eigenvalue weighted by atomic mass is 19.1. The summed E-state index contributed by atoms with van der Waals surface area (Å²) in [6, 6.07) is 3.51. The van der Waals surface area contributed by atoms with Gasteiger partial charge in [0.05, 0.1) is 6.67 Å². The van der Waals surface area contributed by atoms with Crippen LogP contribution < -0.4 is 10.6 Å². The number of aromatic nitrogens is 3. The van der Waals surface area contributed by atoms with E-state index in [1.54, 1.807) is 12.4 Å². The van der Waals surface area contributed by atoms with Crippen LogP contribution in [-0.2, 0) is 17.6 Å². The van der Waals surface area contributed by atoms with Gasteiger partial charge in [0.1, 0.15) is 11.9 Å². The molecule has 190 valence electrons. The minimum atomic E-state index is -0.933. The number of nitrogens with one attached hydrogen (secondary N) is 2. The molecule has 1 aliphatic heterocycles. The van der Waals surface area contributed by atoms with E-state index >= 15 is 0 Å². The van der Waals surface area contributed by atoms with Gasteiger partial charge in [0.25, 0.3) is 0 Å². The number of alkyl halides is 1. The topological polar surface area (TPSA) is 103 Å². The Hall–Kier alpha value is -2.81. The lowest BCUT2D eigenvalue weighted by Crippen LogP contribution is -2.36. The van der Waals surface area contributed by atoms with Gasteiger partial charge in [-0.25, -0.2) is 19.7 Å². The lowest BCUT2D eigenvalue weighted by atomic mass is 10.1. The quantitative estimate of drug-likeness (QED) is 0.326. The highest BCUT2D eigenvalue weighted by molar-refractivity contribution is 5.76. The molecule has 0 aromatic carbocycles. The van der Waals surface area contributed by atoms with Crippen LogP contribution in [-0.4, -0.2) is 69.8 Å². The van der Waals surface area contributed by atoms with Gasteiger partial charge in [0.15, 0.2) is 0 Å². The predicted octanol–water partition coefficient (Wildman–Crippen LogP) is 4.05. The molecule has 0 saturated heterocycles. The maximum absolute atomic E-state index is 12.8. The van der Waals surface area contributed by atoms with Crippen LogP contribution in [0.3, 0.4) is 0 Å². The van der Waals surface area contributed by atoms with E-state index in [9.17, 15) is 14.3 Å². The predicted molar refractivity (Wildman–Crippen MR) is 135 cm³/mol. The molecule has 0 spiro atoms. The molecule has 3 heterocycles. The standard InChI is InChI=1S/C26H37FN6O2/c27-12-4-15-33(14-2-1-6-22-10-9-20-5-3-13-28-24(20)31-22)16-11-23(25(34)35)32-26-29-17-21(18-30-26)19-7-8-19/h9-10,17-19,23H,1-8,11-16H2,(H,28,31)(H,34,35)(H,29,30,32). The molecular weight excluding hydrogens is 447 g/mol. The molecule has 1 fully saturated rings. The second kappa shape index (κ2) is 12.8. The van der Waals surface area contributed by atoms with Gasteiger partial charge in [0.2, 0.25) is 5.95 Å². The van der Waals surface area contributed by atoms with Gasteiger partial charge >= 0.3 is 5.97 Å². The number of aliphatic carboxylic acids is 1. The molecule has 4 rings (SSSR count). The summed E-state index contributed by atoms with van der Waals surface area (Å²) in [5.41, 5.74) is 3.50. The first-order valence-corrected chi connectivity index (χ1v) is 12.9. The van der Waals surface area contributed by atoms with Crippen molar-refractivity contribution in [2.24, 2.45) is 0 Å². The number of anilines is 2. The lowest BCUT2D eigenvalue weighted by Gasteiger charge is -2.24. The summed E-state index contributed by atoms with van der Waals surface area (Å²) in [4.78, 5) is 27.3. The fraction of sp³-hybridized carbons (Fsp3) is 0.615. The first-order valence-electron chi connectivity index (χ1n) is 12.9. The van der Waals surface area contributed by atoms with Crippen LogP contribution in [0.2, 0.25) is 0 Å². The van der Waals surface area contributed by atoms with Crippen LogP contribution in [0.15, 0.2) is 24.5 Å². The molecule has 1 atom stereocenters. The number of hydrogen-bond donors (Lipinski definition) is 3. The summed E-state index contributed by atoms with van der Waals surface area (Å²) in [6.45, 7) is 2.62. The Bertz CT molecular complexity index is 953. The van der Waals surface area contributed by atoms with Crippen molar-refractivity contribution in [3.8, 4) is 0 Å². The molecule has 1 unspecified atom stereocenters. The van der Waals surface area contributed by atoms with Crippen molar-refractivity contribution in [1.82, 2.24) is 19.9 Å². The number of unbranched alkanes of at least 4 members (excludes halogenated alkanes) is 1. The summed E-state index contributed by atoms with van der Waals surface area (Å²) in [7, 11) is 0. The maximum Gasteiger partial charge on any atom is 0.326 e. The summed E-state index contributed by atoms with van der Waals surface area (Å²) in [6.07, 6.45) is 11.8. The molecule has 2 aliphatic rings. The smallest absolute Gasteiger partial charge is 0.326 e. The van der Waals surface area contributed by atoms with Crippen LogP contribution >= 0.6 is 0 Å². The van der Waals surface area contributed by atoms with Crippen LogP contribution in [0.25, 0.3) is 0 Å². The third-order valence-electron chi connectivity index (χ3n) is 6.77. The van der Waals surface area contributed by atoms with Gasteiger partial charge < -0.3 is 20.6 Å². The number of aryl methyl sites for hydroxylation is 2. The van der Waals surface area contributed by atoms with Crippen molar-refractivity contribution >= 4 is 17.7 Å². The van der Waals surface area contributed by atoms with Crippen molar-refractivity contribution in [3.05, 3.63) is 41.3 Å². The van der Waals surface area contributed by atoms with Crippen molar-refractivity contribution in [2.45, 2.75) is 69.7 Å². The molecule has 8 nitrogen and oxygen atoms in total. The van der Waals surface area contributed by atoms with Crippen molar-refractivity contribution in [1.29, 1.82) is 0 Å². The number of rotatable bonds is 15. The summed E-state index contributed by atoms with van der Waals surface area (Å²) < 4.78 is 12.8. The largest absolute Gasteiger partial charge is 0.480 e. The van der Waals surface area contributed by atoms with E-state index in [-0.39, 0.29) is 6.67 Å². The van der Waals surface area contributed by atoms with Gasteiger partial charge in [-0.05, 0) is 87.4 Å². The average molecular weight is 485 g/mol. The Morgan fingerprint density at radius 2 is 1.97 bits per heavy atom. The van der Waals surface area contributed by atoms with Crippen LogP contribution in [0.5, 0.6) is 0 Å². The van der Waals surface area contributed by atoms with Gasteiger partial charge in [0, 0.05) is 37.7 Å². The third-order valence-corrected chi connectivity index (χ3v) is 6.77. The monoisotopic (exact) mass is 484 g/mol. The van der Waals surface area contributed by atoms with E-state index in [0.29, 0.717) is 37.8 Å². The van der Waals surface area contributed by atoms with Crippen LogP contribution in [0.4, 0.5) is 16.2 Å². The Kier molecular flexibility index (Phi) is 9.22. The first-order chi connectivity index (χ1) is 17.1. The second-order valence-corrected chi connectivity index (χ2v) is 9.62. The van der Waals surface area contributed by atoms with Crippen molar-refractivity contribution in [2.75, 3.05) is 43.5 Å². The Balaban J connectivity index is 1.23. The Morgan fingerprint density at radius 3 is 2.71 bits per heavy atom. The fourth-order valence-corrected chi connectivity index (χ4v) is 4.53. The molecule has 0 radical (unpaired) electrons. The molecule has 1 saturated carbocycles. The second-order valence-electron chi connectivity index (χ2n) is 9.62. The normalized spacial score (nSPS) is 15.9. The van der Waals surface area contributed by atoms with E-state index in [2.05, 4.69) is 37.6 Å². The number of carboxylic acids is 1. The molecule has 0 amide bonds. The number of halogens is 1. The minimum absolute atomic E-state index is 0.337.